The first-order valence-electron chi connectivity index (χ1n) is 7.32. The highest BCUT2D eigenvalue weighted by atomic mass is 16.6. The Kier molecular flexibility index (Phi) is 3.63. The molecular weight excluding hydrogens is 270 g/mol. The van der Waals surface area contributed by atoms with Gasteiger partial charge in [0, 0.05) is 30.3 Å². The Morgan fingerprint density at radius 1 is 1.38 bits per heavy atom. The molecule has 2 aliphatic heterocycles. The fourth-order valence-corrected chi connectivity index (χ4v) is 3.44. The van der Waals surface area contributed by atoms with Crippen LogP contribution in [0.5, 0.6) is 0 Å². The quantitative estimate of drug-likeness (QED) is 0.662. The van der Waals surface area contributed by atoms with Crippen molar-refractivity contribution in [2.45, 2.75) is 13.3 Å². The van der Waals surface area contributed by atoms with Crippen LogP contribution in [0, 0.1) is 28.9 Å². The summed E-state index contributed by atoms with van der Waals surface area (Å²) in [6.45, 7) is 5.14. The Balaban J connectivity index is 1.82. The van der Waals surface area contributed by atoms with E-state index in [0.29, 0.717) is 23.0 Å². The number of nitrogens with one attached hydrogen (secondary N) is 1. The van der Waals surface area contributed by atoms with Gasteiger partial charge in [0.05, 0.1) is 4.92 Å². The molecule has 2 heterocycles. The topological polar surface area (TPSA) is 75.5 Å². The molecule has 0 saturated carbocycles. The smallest absolute Gasteiger partial charge is 0.273 e. The van der Waals surface area contributed by atoms with Crippen molar-refractivity contribution in [2.24, 2.45) is 11.8 Å². The second kappa shape index (κ2) is 5.44. The largest absolute Gasteiger partial charge is 0.338 e. The molecule has 3 rings (SSSR count). The van der Waals surface area contributed by atoms with Gasteiger partial charge in [0.15, 0.2) is 0 Å². The fraction of sp³-hybridized carbons (Fsp3) is 0.533. The Morgan fingerprint density at radius 3 is 2.90 bits per heavy atom. The number of piperidine rings is 1. The zero-order chi connectivity index (χ0) is 15.0. The molecule has 2 fully saturated rings. The molecule has 1 N–H and O–H groups in total. The predicted molar refractivity (Wildman–Crippen MR) is 78.2 cm³/mol. The molecule has 0 aromatic heterocycles. The molecule has 0 radical (unpaired) electrons. The standard InChI is InChI=1S/C15H19N3O3/c1-10-13(3-2-4-14(10)18(20)21)15(19)17-6-5-11-7-16-8-12(11)9-17/h2-4,11-12,16H,5-9H2,1H3. The number of nitro groups is 1. The lowest BCUT2D eigenvalue weighted by Gasteiger charge is -2.34. The van der Waals surface area contributed by atoms with Gasteiger partial charge < -0.3 is 10.2 Å². The van der Waals surface area contributed by atoms with E-state index in [1.165, 1.54) is 6.07 Å². The first kappa shape index (κ1) is 14.0. The van der Waals surface area contributed by atoms with Gasteiger partial charge in [-0.2, -0.15) is 0 Å². The number of carbonyl (C=O) groups excluding carboxylic acids is 1. The van der Waals surface area contributed by atoms with E-state index in [1.807, 2.05) is 4.90 Å². The molecule has 1 aromatic carbocycles. The Labute approximate surface area is 123 Å². The zero-order valence-electron chi connectivity index (χ0n) is 12.0. The van der Waals surface area contributed by atoms with Crippen LogP contribution in [0.1, 0.15) is 22.3 Å². The average Bonchev–Trinajstić information content (AvgIpc) is 2.93. The van der Waals surface area contributed by atoms with E-state index in [9.17, 15) is 14.9 Å². The Hall–Kier alpha value is -1.95. The first-order chi connectivity index (χ1) is 10.1. The van der Waals surface area contributed by atoms with E-state index in [-0.39, 0.29) is 11.6 Å². The van der Waals surface area contributed by atoms with Gasteiger partial charge in [-0.3, -0.25) is 14.9 Å². The van der Waals surface area contributed by atoms with Crippen LogP contribution in [0.3, 0.4) is 0 Å². The summed E-state index contributed by atoms with van der Waals surface area (Å²) in [5.74, 6) is 1.10. The highest BCUT2D eigenvalue weighted by molar-refractivity contribution is 5.96. The fourth-order valence-electron chi connectivity index (χ4n) is 3.44. The van der Waals surface area contributed by atoms with Crippen LogP contribution >= 0.6 is 0 Å². The summed E-state index contributed by atoms with van der Waals surface area (Å²) in [6, 6.07) is 4.71. The van der Waals surface area contributed by atoms with Crippen molar-refractivity contribution in [1.82, 2.24) is 10.2 Å². The van der Waals surface area contributed by atoms with Gasteiger partial charge in [0.25, 0.3) is 11.6 Å². The van der Waals surface area contributed by atoms with Crippen molar-refractivity contribution in [1.29, 1.82) is 0 Å². The number of nitrogens with zero attached hydrogens (tertiary/aromatic N) is 2. The van der Waals surface area contributed by atoms with Crippen molar-refractivity contribution >= 4 is 11.6 Å². The first-order valence-corrected chi connectivity index (χ1v) is 7.32. The summed E-state index contributed by atoms with van der Waals surface area (Å²) < 4.78 is 0. The molecule has 6 nitrogen and oxygen atoms in total. The van der Waals surface area contributed by atoms with E-state index >= 15 is 0 Å². The maximum absolute atomic E-state index is 12.7. The van der Waals surface area contributed by atoms with Crippen molar-refractivity contribution in [3.8, 4) is 0 Å². The molecule has 2 unspecified atom stereocenters. The molecular formula is C15H19N3O3. The highest BCUT2D eigenvalue weighted by Crippen LogP contribution is 2.29. The van der Waals surface area contributed by atoms with Gasteiger partial charge in [-0.05, 0) is 44.3 Å². The lowest BCUT2D eigenvalue weighted by molar-refractivity contribution is -0.385. The number of carbonyl (C=O) groups is 1. The minimum atomic E-state index is -0.431. The number of likely N-dealkylation sites (tertiary alicyclic amines) is 1. The molecule has 6 heteroatoms. The number of hydrogen-bond donors (Lipinski definition) is 1. The molecule has 2 saturated heterocycles. The molecule has 0 aliphatic carbocycles. The van der Waals surface area contributed by atoms with E-state index in [0.717, 1.165) is 32.6 Å². The SMILES string of the molecule is Cc1c(C(=O)N2CCC3CNCC3C2)cccc1[N+](=O)[O-]. The third kappa shape index (κ3) is 2.51. The molecule has 1 amide bonds. The van der Waals surface area contributed by atoms with Gasteiger partial charge in [-0.1, -0.05) is 6.07 Å². The number of fused-ring (bicyclic) bond motifs is 1. The van der Waals surface area contributed by atoms with Gasteiger partial charge in [-0.25, -0.2) is 0 Å². The number of nitro benzene ring substituents is 1. The van der Waals surface area contributed by atoms with Crippen LogP contribution in [0.4, 0.5) is 5.69 Å². The van der Waals surface area contributed by atoms with Crippen LogP contribution in [-0.4, -0.2) is 41.9 Å². The summed E-state index contributed by atoms with van der Waals surface area (Å²) in [5.41, 5.74) is 0.922. The van der Waals surface area contributed by atoms with Crippen molar-refractivity contribution in [2.75, 3.05) is 26.2 Å². The molecule has 0 bridgehead atoms. The summed E-state index contributed by atoms with van der Waals surface area (Å²) in [5, 5.41) is 14.4. The Bertz CT molecular complexity index is 588. The molecule has 1 aromatic rings. The summed E-state index contributed by atoms with van der Waals surface area (Å²) in [7, 11) is 0. The lowest BCUT2D eigenvalue weighted by Crippen LogP contribution is -2.43. The predicted octanol–water partition coefficient (Wildman–Crippen LogP) is 1.58. The number of benzene rings is 1. The molecule has 112 valence electrons. The second-order valence-electron chi connectivity index (χ2n) is 5.93. The summed E-state index contributed by atoms with van der Waals surface area (Å²) in [6.07, 6.45) is 1.01. The van der Waals surface area contributed by atoms with Gasteiger partial charge >= 0.3 is 0 Å². The number of amides is 1. The molecule has 2 aliphatic rings. The summed E-state index contributed by atoms with van der Waals surface area (Å²) >= 11 is 0. The Morgan fingerprint density at radius 2 is 2.14 bits per heavy atom. The van der Waals surface area contributed by atoms with Crippen LogP contribution in [0.25, 0.3) is 0 Å². The van der Waals surface area contributed by atoms with E-state index in [4.69, 9.17) is 0 Å². The highest BCUT2D eigenvalue weighted by Gasteiger charge is 2.35. The third-order valence-corrected chi connectivity index (χ3v) is 4.72. The van der Waals surface area contributed by atoms with E-state index in [2.05, 4.69) is 5.32 Å². The van der Waals surface area contributed by atoms with Crippen molar-refractivity contribution in [3.63, 3.8) is 0 Å². The average molecular weight is 289 g/mol. The van der Waals surface area contributed by atoms with Gasteiger partial charge in [0.1, 0.15) is 0 Å². The number of hydrogen-bond acceptors (Lipinski definition) is 4. The molecule has 2 atom stereocenters. The van der Waals surface area contributed by atoms with E-state index < -0.39 is 4.92 Å². The van der Waals surface area contributed by atoms with Crippen LogP contribution in [-0.2, 0) is 0 Å². The lowest BCUT2D eigenvalue weighted by atomic mass is 9.88. The van der Waals surface area contributed by atoms with E-state index in [1.54, 1.807) is 19.1 Å². The second-order valence-corrected chi connectivity index (χ2v) is 5.93. The minimum Gasteiger partial charge on any atom is -0.338 e. The number of rotatable bonds is 2. The van der Waals surface area contributed by atoms with Crippen LogP contribution in [0.2, 0.25) is 0 Å². The zero-order valence-corrected chi connectivity index (χ0v) is 12.0. The molecule has 0 spiro atoms. The van der Waals surface area contributed by atoms with Crippen LogP contribution in [0.15, 0.2) is 18.2 Å². The van der Waals surface area contributed by atoms with Crippen molar-refractivity contribution in [3.05, 3.63) is 39.4 Å². The van der Waals surface area contributed by atoms with Crippen LogP contribution < -0.4 is 5.32 Å². The summed E-state index contributed by atoms with van der Waals surface area (Å²) in [4.78, 5) is 25.1. The monoisotopic (exact) mass is 289 g/mol. The van der Waals surface area contributed by atoms with Crippen molar-refractivity contribution < 1.29 is 9.72 Å². The molecule has 21 heavy (non-hydrogen) atoms. The maximum atomic E-state index is 12.7. The third-order valence-electron chi connectivity index (χ3n) is 4.72. The normalized spacial score (nSPS) is 24.7. The minimum absolute atomic E-state index is 0.0123. The van der Waals surface area contributed by atoms with Gasteiger partial charge in [-0.15, -0.1) is 0 Å². The van der Waals surface area contributed by atoms with Gasteiger partial charge in [0.2, 0.25) is 0 Å². The maximum Gasteiger partial charge on any atom is 0.273 e.